The summed E-state index contributed by atoms with van der Waals surface area (Å²) < 4.78 is 49.6. The number of nitrogens with one attached hydrogen (secondary N) is 3. The predicted molar refractivity (Wildman–Crippen MR) is 144 cm³/mol. The van der Waals surface area contributed by atoms with Gasteiger partial charge in [-0.2, -0.15) is 18.3 Å². The Balaban J connectivity index is 1.57. The van der Waals surface area contributed by atoms with Gasteiger partial charge >= 0.3 is 18.0 Å². The summed E-state index contributed by atoms with van der Waals surface area (Å²) in [4.78, 5) is 36.4. The van der Waals surface area contributed by atoms with E-state index < -0.39 is 36.1 Å². The lowest BCUT2D eigenvalue weighted by Gasteiger charge is -2.13. The zero-order valence-electron chi connectivity index (χ0n) is 21.3. The number of anilines is 2. The molecule has 210 valence electrons. The van der Waals surface area contributed by atoms with Gasteiger partial charge in [0.05, 0.1) is 18.4 Å². The second-order valence-electron chi connectivity index (χ2n) is 8.17. The van der Waals surface area contributed by atoms with Crippen molar-refractivity contribution in [1.29, 1.82) is 0 Å². The second-order valence-corrected chi connectivity index (χ2v) is 8.58. The maximum atomic E-state index is 12.9. The van der Waals surface area contributed by atoms with Crippen molar-refractivity contribution in [3.8, 4) is 11.5 Å². The number of alkyl halides is 3. The van der Waals surface area contributed by atoms with Crippen LogP contribution in [0, 0.1) is 6.92 Å². The number of carbonyl (C=O) groups excluding carboxylic acids is 3. The molecule has 0 radical (unpaired) electrons. The van der Waals surface area contributed by atoms with Crippen molar-refractivity contribution in [3.63, 3.8) is 0 Å². The monoisotopic (exact) mass is 576 g/mol. The Morgan fingerprint density at radius 1 is 0.925 bits per heavy atom. The topological polar surface area (TPSA) is 118 Å². The molecule has 3 rings (SSSR count). The van der Waals surface area contributed by atoms with Crippen LogP contribution in [0.25, 0.3) is 0 Å². The molecule has 0 aliphatic carbocycles. The molecule has 0 unspecified atom stereocenters. The van der Waals surface area contributed by atoms with Crippen LogP contribution in [0.3, 0.4) is 0 Å². The van der Waals surface area contributed by atoms with Crippen molar-refractivity contribution in [2.45, 2.75) is 20.0 Å². The van der Waals surface area contributed by atoms with Gasteiger partial charge in [-0.15, -0.1) is 0 Å². The molecule has 0 heterocycles. The summed E-state index contributed by atoms with van der Waals surface area (Å²) in [6, 6.07) is 13.6. The summed E-state index contributed by atoms with van der Waals surface area (Å²) in [6.45, 7) is 3.28. The number of rotatable bonds is 9. The summed E-state index contributed by atoms with van der Waals surface area (Å²) >= 11 is 6.01. The van der Waals surface area contributed by atoms with Gasteiger partial charge in [0, 0.05) is 16.4 Å². The van der Waals surface area contributed by atoms with Gasteiger partial charge in [-0.3, -0.25) is 14.4 Å². The number of hydrogen-bond donors (Lipinski definition) is 3. The molecule has 0 aliphatic heterocycles. The number of carbonyl (C=O) groups is 3. The van der Waals surface area contributed by atoms with Gasteiger partial charge in [-0.1, -0.05) is 23.7 Å². The maximum absolute atomic E-state index is 12.9. The van der Waals surface area contributed by atoms with Crippen LogP contribution in [-0.2, 0) is 20.6 Å². The number of hydrogen-bond acceptors (Lipinski definition) is 6. The Hall–Kier alpha value is -4.58. The van der Waals surface area contributed by atoms with E-state index in [9.17, 15) is 27.6 Å². The summed E-state index contributed by atoms with van der Waals surface area (Å²) in [7, 11) is 0. The van der Waals surface area contributed by atoms with Crippen LogP contribution in [0.2, 0.25) is 5.02 Å². The van der Waals surface area contributed by atoms with E-state index in [1.165, 1.54) is 36.5 Å². The molecule has 3 N–H and O–H groups in total. The van der Waals surface area contributed by atoms with Crippen LogP contribution in [0.5, 0.6) is 11.5 Å². The van der Waals surface area contributed by atoms with Crippen LogP contribution in [0.4, 0.5) is 24.5 Å². The fraction of sp³-hybridized carbons (Fsp3) is 0.185. The van der Waals surface area contributed by atoms with Crippen molar-refractivity contribution in [2.24, 2.45) is 5.10 Å². The summed E-state index contributed by atoms with van der Waals surface area (Å²) in [5.41, 5.74) is 2.82. The first-order valence-electron chi connectivity index (χ1n) is 11.7. The first-order chi connectivity index (χ1) is 19.0. The van der Waals surface area contributed by atoms with Crippen LogP contribution in [0.1, 0.15) is 23.6 Å². The van der Waals surface area contributed by atoms with Gasteiger partial charge in [0.1, 0.15) is 0 Å². The average molecular weight is 577 g/mol. The normalized spacial score (nSPS) is 11.2. The fourth-order valence-corrected chi connectivity index (χ4v) is 3.36. The average Bonchev–Trinajstić information content (AvgIpc) is 2.90. The van der Waals surface area contributed by atoms with Gasteiger partial charge in [0.25, 0.3) is 5.91 Å². The highest BCUT2D eigenvalue weighted by molar-refractivity contribution is 6.39. The van der Waals surface area contributed by atoms with Crippen molar-refractivity contribution < 1.29 is 37.0 Å². The van der Waals surface area contributed by atoms with Crippen molar-refractivity contribution in [2.75, 3.05) is 23.8 Å². The predicted octanol–water partition coefficient (Wildman–Crippen LogP) is 5.17. The highest BCUT2D eigenvalue weighted by atomic mass is 35.5. The lowest BCUT2D eigenvalue weighted by Crippen LogP contribution is -2.32. The number of aryl methyl sites for hydroxylation is 1. The number of ether oxygens (including phenoxy) is 2. The Kier molecular flexibility index (Phi) is 10.1. The van der Waals surface area contributed by atoms with Crippen LogP contribution in [0.15, 0.2) is 65.8 Å². The Morgan fingerprint density at radius 2 is 1.68 bits per heavy atom. The van der Waals surface area contributed by atoms with Gasteiger partial charge in [-0.05, 0) is 73.5 Å². The molecule has 0 spiro atoms. The Labute approximate surface area is 232 Å². The molecule has 0 atom stereocenters. The molecule has 0 saturated carbocycles. The van der Waals surface area contributed by atoms with Crippen molar-refractivity contribution >= 4 is 46.9 Å². The molecule has 0 aliphatic rings. The molecule has 0 bridgehead atoms. The van der Waals surface area contributed by atoms with E-state index in [1.807, 2.05) is 0 Å². The zero-order chi connectivity index (χ0) is 29.3. The molecule has 3 amide bonds. The van der Waals surface area contributed by atoms with E-state index in [1.54, 1.807) is 32.0 Å². The molecule has 0 saturated heterocycles. The number of benzene rings is 3. The summed E-state index contributed by atoms with van der Waals surface area (Å²) in [5.74, 6) is -2.19. The lowest BCUT2D eigenvalue weighted by molar-refractivity contribution is -0.137. The third-order valence-corrected chi connectivity index (χ3v) is 5.52. The molecule has 13 heteroatoms. The van der Waals surface area contributed by atoms with Crippen LogP contribution < -0.4 is 25.5 Å². The van der Waals surface area contributed by atoms with Gasteiger partial charge in [-0.25, -0.2) is 5.43 Å². The number of amides is 3. The highest BCUT2D eigenvalue weighted by Gasteiger charge is 2.30. The molecule has 40 heavy (non-hydrogen) atoms. The summed E-state index contributed by atoms with van der Waals surface area (Å²) in [5, 5.41) is 8.96. The zero-order valence-corrected chi connectivity index (χ0v) is 22.0. The van der Waals surface area contributed by atoms with E-state index in [-0.39, 0.29) is 23.8 Å². The molecule has 0 fully saturated rings. The lowest BCUT2D eigenvalue weighted by atomic mass is 10.2. The molecule has 0 aromatic heterocycles. The molecular formula is C27H24ClF3N4O5. The summed E-state index contributed by atoms with van der Waals surface area (Å²) in [6.07, 6.45) is -3.28. The van der Waals surface area contributed by atoms with E-state index in [2.05, 4.69) is 21.2 Å². The van der Waals surface area contributed by atoms with Gasteiger partial charge in [0.15, 0.2) is 18.1 Å². The van der Waals surface area contributed by atoms with Crippen molar-refractivity contribution in [3.05, 3.63) is 82.4 Å². The smallest absolute Gasteiger partial charge is 0.416 e. The third kappa shape index (κ3) is 8.73. The van der Waals surface area contributed by atoms with E-state index in [0.29, 0.717) is 16.3 Å². The molecular weight excluding hydrogens is 553 g/mol. The van der Waals surface area contributed by atoms with Crippen LogP contribution >= 0.6 is 11.6 Å². The molecule has 9 nitrogen and oxygen atoms in total. The van der Waals surface area contributed by atoms with Crippen molar-refractivity contribution in [1.82, 2.24) is 5.43 Å². The minimum absolute atomic E-state index is 0.0293. The van der Waals surface area contributed by atoms with E-state index in [4.69, 9.17) is 21.1 Å². The van der Waals surface area contributed by atoms with E-state index >= 15 is 0 Å². The van der Waals surface area contributed by atoms with Gasteiger partial charge < -0.3 is 20.1 Å². The number of nitrogens with zero attached hydrogens (tertiary/aromatic N) is 1. The standard InChI is InChI=1S/C27H24ClF3N4O5/c1-3-39-23-11-17(14-32-35-26(38)25(37)34-20-9-7-16(2)21(28)13-20)8-10-22(23)40-15-24(36)33-19-6-4-5-18(12-19)27(29,30)31/h4-14H,3,15H2,1-2H3,(H,33,36)(H,34,37)(H,35,38). The maximum Gasteiger partial charge on any atom is 0.416 e. The number of halogens is 4. The molecule has 3 aromatic rings. The quantitative estimate of drug-likeness (QED) is 0.184. The second kappa shape index (κ2) is 13.5. The Bertz CT molecular complexity index is 1430. The largest absolute Gasteiger partial charge is 0.490 e. The SMILES string of the molecule is CCOc1cc(C=NNC(=O)C(=O)Nc2ccc(C)c(Cl)c2)ccc1OCC(=O)Nc1cccc(C(F)(F)F)c1. The van der Waals surface area contributed by atoms with Crippen LogP contribution in [-0.4, -0.2) is 37.1 Å². The fourth-order valence-electron chi connectivity index (χ4n) is 3.18. The molecule has 3 aromatic carbocycles. The Morgan fingerprint density at radius 3 is 2.38 bits per heavy atom. The number of hydrazone groups is 1. The minimum Gasteiger partial charge on any atom is -0.490 e. The minimum atomic E-state index is -4.54. The van der Waals surface area contributed by atoms with E-state index in [0.717, 1.165) is 17.7 Å². The highest BCUT2D eigenvalue weighted by Crippen LogP contribution is 2.31. The first kappa shape index (κ1) is 30.0. The first-order valence-corrected chi connectivity index (χ1v) is 12.1. The van der Waals surface area contributed by atoms with Gasteiger partial charge in [0.2, 0.25) is 0 Å². The third-order valence-electron chi connectivity index (χ3n) is 5.12.